The van der Waals surface area contributed by atoms with E-state index in [4.69, 9.17) is 10.5 Å². The molecule has 0 aliphatic carbocycles. The van der Waals surface area contributed by atoms with Gasteiger partial charge in [-0.15, -0.1) is 0 Å². The molecule has 1 atom stereocenters. The summed E-state index contributed by atoms with van der Waals surface area (Å²) in [6.07, 6.45) is 2.16. The number of hydrogen-bond acceptors (Lipinski definition) is 5. The minimum atomic E-state index is -0.455. The Labute approximate surface area is 124 Å². The zero-order valence-corrected chi connectivity index (χ0v) is 12.2. The quantitative estimate of drug-likeness (QED) is 0.850. The topological polar surface area (TPSA) is 68.5 Å². The molecule has 0 fully saturated rings. The van der Waals surface area contributed by atoms with E-state index in [2.05, 4.69) is 4.98 Å². The molecule has 0 aliphatic heterocycles. The van der Waals surface area contributed by atoms with E-state index in [1.807, 2.05) is 43.4 Å². The van der Waals surface area contributed by atoms with Crippen LogP contribution in [-0.2, 0) is 16.0 Å². The number of anilines is 2. The summed E-state index contributed by atoms with van der Waals surface area (Å²) in [4.78, 5) is 18.0. The minimum Gasteiger partial charge on any atom is -0.467 e. The fraction of sp³-hybridized carbons (Fsp3) is 0.250. The largest absolute Gasteiger partial charge is 0.467 e. The Hall–Kier alpha value is -2.56. The number of nitrogens with zero attached hydrogens (tertiary/aromatic N) is 2. The molecule has 0 bridgehead atoms. The molecule has 2 aromatic rings. The van der Waals surface area contributed by atoms with Crippen LogP contribution in [0.3, 0.4) is 0 Å². The number of benzene rings is 1. The molecule has 0 radical (unpaired) electrons. The van der Waals surface area contributed by atoms with Crippen molar-refractivity contribution in [2.45, 2.75) is 12.5 Å². The van der Waals surface area contributed by atoms with Crippen molar-refractivity contribution in [2.24, 2.45) is 0 Å². The normalized spacial score (nSPS) is 11.7. The highest BCUT2D eigenvalue weighted by atomic mass is 16.5. The van der Waals surface area contributed by atoms with Gasteiger partial charge in [-0.1, -0.05) is 30.3 Å². The van der Waals surface area contributed by atoms with Gasteiger partial charge in [0.1, 0.15) is 11.9 Å². The molecule has 1 unspecified atom stereocenters. The number of nitrogens with two attached hydrogens (primary N) is 1. The highest BCUT2D eigenvalue weighted by Gasteiger charge is 2.26. The summed E-state index contributed by atoms with van der Waals surface area (Å²) in [6, 6.07) is 13.0. The molecular formula is C16H19N3O2. The van der Waals surface area contributed by atoms with Gasteiger partial charge in [-0.25, -0.2) is 9.78 Å². The van der Waals surface area contributed by atoms with Crippen LogP contribution in [0.5, 0.6) is 0 Å². The average Bonchev–Trinajstić information content (AvgIpc) is 2.53. The molecule has 5 heteroatoms. The summed E-state index contributed by atoms with van der Waals surface area (Å²) < 4.78 is 4.93. The number of esters is 1. The highest BCUT2D eigenvalue weighted by Crippen LogP contribution is 2.23. The van der Waals surface area contributed by atoms with Gasteiger partial charge in [-0.2, -0.15) is 0 Å². The Kier molecular flexibility index (Phi) is 4.77. The average molecular weight is 285 g/mol. The molecular weight excluding hydrogens is 266 g/mol. The highest BCUT2D eigenvalue weighted by molar-refractivity contribution is 5.81. The second-order valence-corrected chi connectivity index (χ2v) is 4.75. The van der Waals surface area contributed by atoms with Gasteiger partial charge in [0, 0.05) is 19.7 Å². The Bertz CT molecular complexity index is 601. The van der Waals surface area contributed by atoms with Gasteiger partial charge in [0.15, 0.2) is 0 Å². The lowest BCUT2D eigenvalue weighted by atomic mass is 10.0. The summed E-state index contributed by atoms with van der Waals surface area (Å²) in [5, 5.41) is 0. The number of carbonyl (C=O) groups excluding carboxylic acids is 1. The third-order valence-electron chi connectivity index (χ3n) is 3.41. The van der Waals surface area contributed by atoms with E-state index in [1.54, 1.807) is 17.2 Å². The second-order valence-electron chi connectivity index (χ2n) is 4.75. The van der Waals surface area contributed by atoms with Crippen molar-refractivity contribution in [3.8, 4) is 0 Å². The Morgan fingerprint density at radius 3 is 2.62 bits per heavy atom. The fourth-order valence-electron chi connectivity index (χ4n) is 2.23. The Morgan fingerprint density at radius 1 is 1.29 bits per heavy atom. The molecule has 1 heterocycles. The molecule has 1 aromatic carbocycles. The predicted molar refractivity (Wildman–Crippen MR) is 83.0 cm³/mol. The van der Waals surface area contributed by atoms with Gasteiger partial charge in [0.2, 0.25) is 0 Å². The molecule has 21 heavy (non-hydrogen) atoms. The standard InChI is InChI=1S/C16H19N3O2/c1-19(13-9-6-10-18-15(13)17)14(16(20)21-2)11-12-7-4-3-5-8-12/h3-10,14H,11H2,1-2H3,(H2,17,18). The molecule has 0 aliphatic rings. The molecule has 0 amide bonds. The summed E-state index contributed by atoms with van der Waals surface area (Å²) in [6.45, 7) is 0. The van der Waals surface area contributed by atoms with Gasteiger partial charge in [-0.3, -0.25) is 0 Å². The lowest BCUT2D eigenvalue weighted by Gasteiger charge is -2.28. The zero-order chi connectivity index (χ0) is 15.2. The van der Waals surface area contributed by atoms with E-state index in [1.165, 1.54) is 7.11 Å². The monoisotopic (exact) mass is 285 g/mol. The number of rotatable bonds is 5. The third-order valence-corrected chi connectivity index (χ3v) is 3.41. The number of nitrogen functional groups attached to an aromatic ring is 1. The van der Waals surface area contributed by atoms with Crippen molar-refractivity contribution < 1.29 is 9.53 Å². The maximum Gasteiger partial charge on any atom is 0.328 e. The van der Waals surface area contributed by atoms with E-state index < -0.39 is 6.04 Å². The maximum absolute atomic E-state index is 12.1. The van der Waals surface area contributed by atoms with E-state index in [0.29, 0.717) is 17.9 Å². The van der Waals surface area contributed by atoms with Crippen LogP contribution < -0.4 is 10.6 Å². The number of pyridine rings is 1. The van der Waals surface area contributed by atoms with E-state index >= 15 is 0 Å². The van der Waals surface area contributed by atoms with Gasteiger partial charge < -0.3 is 15.4 Å². The van der Waals surface area contributed by atoms with Crippen molar-refractivity contribution in [1.29, 1.82) is 0 Å². The van der Waals surface area contributed by atoms with Crippen molar-refractivity contribution in [3.05, 3.63) is 54.2 Å². The van der Waals surface area contributed by atoms with E-state index in [0.717, 1.165) is 5.56 Å². The summed E-state index contributed by atoms with van der Waals surface area (Å²) in [7, 11) is 3.21. The predicted octanol–water partition coefficient (Wildman–Crippen LogP) is 1.88. The van der Waals surface area contributed by atoms with Crippen LogP contribution in [0.1, 0.15) is 5.56 Å². The number of carbonyl (C=O) groups is 1. The van der Waals surface area contributed by atoms with Crippen molar-refractivity contribution in [3.63, 3.8) is 0 Å². The second kappa shape index (κ2) is 6.74. The number of aromatic nitrogens is 1. The molecule has 0 spiro atoms. The molecule has 0 saturated carbocycles. The number of ether oxygens (including phenoxy) is 1. The first-order valence-corrected chi connectivity index (χ1v) is 6.68. The first-order valence-electron chi connectivity index (χ1n) is 6.68. The Balaban J connectivity index is 2.28. The van der Waals surface area contributed by atoms with Crippen LogP contribution in [0.15, 0.2) is 48.7 Å². The van der Waals surface area contributed by atoms with Crippen LogP contribution in [0.25, 0.3) is 0 Å². The van der Waals surface area contributed by atoms with Crippen LogP contribution in [0.2, 0.25) is 0 Å². The van der Waals surface area contributed by atoms with Crippen LogP contribution >= 0.6 is 0 Å². The number of likely N-dealkylation sites (N-methyl/N-ethyl adjacent to an activating group) is 1. The molecule has 2 N–H and O–H groups in total. The lowest BCUT2D eigenvalue weighted by molar-refractivity contribution is -0.142. The smallest absolute Gasteiger partial charge is 0.328 e. The maximum atomic E-state index is 12.1. The summed E-state index contributed by atoms with van der Waals surface area (Å²) in [5.41, 5.74) is 7.66. The van der Waals surface area contributed by atoms with Crippen molar-refractivity contribution in [1.82, 2.24) is 4.98 Å². The van der Waals surface area contributed by atoms with E-state index in [-0.39, 0.29) is 5.97 Å². The fourth-order valence-corrected chi connectivity index (χ4v) is 2.23. The Morgan fingerprint density at radius 2 is 2.00 bits per heavy atom. The van der Waals surface area contributed by atoms with Gasteiger partial charge in [0.25, 0.3) is 0 Å². The molecule has 0 saturated heterocycles. The first kappa shape index (κ1) is 14.8. The van der Waals surface area contributed by atoms with Crippen LogP contribution in [-0.4, -0.2) is 31.2 Å². The summed E-state index contributed by atoms with van der Waals surface area (Å²) >= 11 is 0. The molecule has 2 rings (SSSR count). The number of hydrogen-bond donors (Lipinski definition) is 1. The molecule has 1 aromatic heterocycles. The van der Waals surface area contributed by atoms with E-state index in [9.17, 15) is 4.79 Å². The lowest BCUT2D eigenvalue weighted by Crippen LogP contribution is -2.41. The SMILES string of the molecule is COC(=O)C(Cc1ccccc1)N(C)c1cccnc1N. The molecule has 5 nitrogen and oxygen atoms in total. The van der Waals surface area contributed by atoms with Gasteiger partial charge in [-0.05, 0) is 17.7 Å². The first-order chi connectivity index (χ1) is 10.1. The minimum absolute atomic E-state index is 0.301. The third kappa shape index (κ3) is 3.51. The van der Waals surface area contributed by atoms with Gasteiger partial charge >= 0.3 is 5.97 Å². The van der Waals surface area contributed by atoms with Crippen molar-refractivity contribution >= 4 is 17.5 Å². The zero-order valence-electron chi connectivity index (χ0n) is 12.2. The number of methoxy groups -OCH3 is 1. The van der Waals surface area contributed by atoms with Crippen LogP contribution in [0.4, 0.5) is 11.5 Å². The van der Waals surface area contributed by atoms with Crippen LogP contribution in [0, 0.1) is 0 Å². The molecule has 110 valence electrons. The summed E-state index contributed by atoms with van der Waals surface area (Å²) in [5.74, 6) is 0.0894. The van der Waals surface area contributed by atoms with Crippen molar-refractivity contribution in [2.75, 3.05) is 24.8 Å². The van der Waals surface area contributed by atoms with Gasteiger partial charge in [0.05, 0.1) is 12.8 Å².